The van der Waals surface area contributed by atoms with E-state index in [1.165, 1.54) is 11.8 Å². The molecule has 0 aliphatic rings. The van der Waals surface area contributed by atoms with Gasteiger partial charge in [-0.1, -0.05) is 60.3 Å². The number of benzene rings is 3. The highest BCUT2D eigenvalue weighted by Crippen LogP contribution is 2.31. The van der Waals surface area contributed by atoms with Gasteiger partial charge < -0.3 is 14.7 Å². The first-order valence-electron chi connectivity index (χ1n) is 9.54. The molecule has 0 saturated carbocycles. The molecule has 0 spiro atoms. The number of aromatic amines is 1. The topological polar surface area (TPSA) is 83.8 Å². The second kappa shape index (κ2) is 7.68. The molecule has 0 saturated heterocycles. The summed E-state index contributed by atoms with van der Waals surface area (Å²) in [6.07, 6.45) is 1.85. The predicted octanol–water partition coefficient (Wildman–Crippen LogP) is 5.49. The van der Waals surface area contributed by atoms with Gasteiger partial charge in [0.1, 0.15) is 0 Å². The van der Waals surface area contributed by atoms with E-state index in [-0.39, 0.29) is 5.91 Å². The SMILES string of the molecule is CC(Sc1nnc(-c2c[nH]c3ccccc23)o1)C(=O)Nc1ccc2ccccc2c1. The van der Waals surface area contributed by atoms with Gasteiger partial charge in [0.15, 0.2) is 0 Å². The summed E-state index contributed by atoms with van der Waals surface area (Å²) in [6.45, 7) is 1.82. The lowest BCUT2D eigenvalue weighted by Gasteiger charge is -2.10. The minimum Gasteiger partial charge on any atom is -0.411 e. The number of nitrogens with zero attached hydrogens (tertiary/aromatic N) is 2. The van der Waals surface area contributed by atoms with Gasteiger partial charge in [0.2, 0.25) is 5.91 Å². The first-order chi connectivity index (χ1) is 14.7. The van der Waals surface area contributed by atoms with Crippen LogP contribution in [0.2, 0.25) is 0 Å². The summed E-state index contributed by atoms with van der Waals surface area (Å²) in [5.74, 6) is 0.305. The van der Waals surface area contributed by atoms with Gasteiger partial charge in [-0.2, -0.15) is 0 Å². The molecule has 2 heterocycles. The average Bonchev–Trinajstić information content (AvgIpc) is 3.40. The molecule has 1 atom stereocenters. The van der Waals surface area contributed by atoms with Crippen molar-refractivity contribution in [2.75, 3.05) is 5.32 Å². The number of fused-ring (bicyclic) bond motifs is 2. The van der Waals surface area contributed by atoms with Gasteiger partial charge in [0.25, 0.3) is 11.1 Å². The summed E-state index contributed by atoms with van der Waals surface area (Å²) < 4.78 is 5.81. The lowest BCUT2D eigenvalue weighted by atomic mass is 10.1. The average molecular weight is 414 g/mol. The summed E-state index contributed by atoms with van der Waals surface area (Å²) >= 11 is 1.24. The van der Waals surface area contributed by atoms with E-state index < -0.39 is 5.25 Å². The second-order valence-corrected chi connectivity index (χ2v) is 8.22. The molecule has 148 valence electrons. The minimum absolute atomic E-state index is 0.123. The van der Waals surface area contributed by atoms with E-state index in [0.29, 0.717) is 11.1 Å². The molecule has 0 aliphatic carbocycles. The summed E-state index contributed by atoms with van der Waals surface area (Å²) in [5.41, 5.74) is 2.61. The zero-order chi connectivity index (χ0) is 20.5. The van der Waals surface area contributed by atoms with Crippen molar-refractivity contribution in [1.29, 1.82) is 0 Å². The van der Waals surface area contributed by atoms with Gasteiger partial charge in [-0.05, 0) is 35.9 Å². The number of amides is 1. The molecule has 0 fully saturated rings. The first kappa shape index (κ1) is 18.4. The number of thioether (sulfide) groups is 1. The van der Waals surface area contributed by atoms with Gasteiger partial charge >= 0.3 is 0 Å². The van der Waals surface area contributed by atoms with E-state index in [2.05, 4.69) is 20.5 Å². The zero-order valence-electron chi connectivity index (χ0n) is 16.1. The number of rotatable bonds is 5. The van der Waals surface area contributed by atoms with E-state index in [0.717, 1.165) is 32.9 Å². The predicted molar refractivity (Wildman–Crippen MR) is 119 cm³/mol. The normalized spacial score (nSPS) is 12.3. The van der Waals surface area contributed by atoms with Crippen molar-refractivity contribution in [3.8, 4) is 11.5 Å². The van der Waals surface area contributed by atoms with Crippen LogP contribution >= 0.6 is 11.8 Å². The van der Waals surface area contributed by atoms with Crippen LogP contribution in [0, 0.1) is 0 Å². The number of aromatic nitrogens is 3. The number of carbonyl (C=O) groups excluding carboxylic acids is 1. The van der Waals surface area contributed by atoms with Crippen molar-refractivity contribution < 1.29 is 9.21 Å². The Kier molecular flexibility index (Phi) is 4.72. The van der Waals surface area contributed by atoms with E-state index >= 15 is 0 Å². The standard InChI is InChI=1S/C23H18N4O2S/c1-14(21(28)25-17-11-10-15-6-2-3-7-16(15)12-17)30-23-27-26-22(29-23)19-13-24-20-9-5-4-8-18(19)20/h2-14,24H,1H3,(H,25,28). The van der Waals surface area contributed by atoms with Crippen molar-refractivity contribution in [1.82, 2.24) is 15.2 Å². The Labute approximate surface area is 176 Å². The Morgan fingerprint density at radius 3 is 2.73 bits per heavy atom. The highest BCUT2D eigenvalue weighted by molar-refractivity contribution is 8.00. The van der Waals surface area contributed by atoms with Gasteiger partial charge in [-0.25, -0.2) is 0 Å². The molecular formula is C23H18N4O2S. The molecule has 1 amide bonds. The minimum atomic E-state index is -0.396. The van der Waals surface area contributed by atoms with E-state index in [4.69, 9.17) is 4.42 Å². The highest BCUT2D eigenvalue weighted by atomic mass is 32.2. The van der Waals surface area contributed by atoms with Crippen molar-refractivity contribution >= 4 is 45.0 Å². The third-order valence-corrected chi connectivity index (χ3v) is 5.82. The zero-order valence-corrected chi connectivity index (χ0v) is 16.9. The van der Waals surface area contributed by atoms with Crippen molar-refractivity contribution in [2.45, 2.75) is 17.4 Å². The quantitative estimate of drug-likeness (QED) is 0.372. The lowest BCUT2D eigenvalue weighted by Crippen LogP contribution is -2.22. The molecule has 1 unspecified atom stereocenters. The fraction of sp³-hybridized carbons (Fsp3) is 0.0870. The van der Waals surface area contributed by atoms with Crippen LogP contribution in [-0.2, 0) is 4.79 Å². The number of H-pyrrole nitrogens is 1. The molecule has 7 heteroatoms. The molecule has 0 bridgehead atoms. The molecule has 30 heavy (non-hydrogen) atoms. The number of para-hydroxylation sites is 1. The number of nitrogens with one attached hydrogen (secondary N) is 2. The Morgan fingerprint density at radius 1 is 1.03 bits per heavy atom. The van der Waals surface area contributed by atoms with Crippen LogP contribution in [-0.4, -0.2) is 26.3 Å². The summed E-state index contributed by atoms with van der Waals surface area (Å²) in [6, 6.07) is 21.8. The maximum absolute atomic E-state index is 12.6. The number of anilines is 1. The Bertz CT molecular complexity index is 1360. The summed E-state index contributed by atoms with van der Waals surface area (Å²) in [5, 5.41) is 14.4. The molecule has 0 radical (unpaired) electrons. The second-order valence-electron chi connectivity index (χ2n) is 6.93. The Hall–Kier alpha value is -3.58. The largest absolute Gasteiger partial charge is 0.411 e. The lowest BCUT2D eigenvalue weighted by molar-refractivity contribution is -0.115. The van der Waals surface area contributed by atoms with Crippen LogP contribution in [0.3, 0.4) is 0 Å². The third kappa shape index (κ3) is 3.55. The molecule has 2 N–H and O–H groups in total. The fourth-order valence-corrected chi connectivity index (χ4v) is 4.01. The Morgan fingerprint density at radius 2 is 1.83 bits per heavy atom. The van der Waals surface area contributed by atoms with Crippen LogP contribution in [0.1, 0.15) is 6.92 Å². The molecule has 6 nitrogen and oxygen atoms in total. The van der Waals surface area contributed by atoms with Crippen LogP contribution in [0.4, 0.5) is 5.69 Å². The molecule has 2 aromatic heterocycles. The van der Waals surface area contributed by atoms with E-state index in [9.17, 15) is 4.79 Å². The van der Waals surface area contributed by atoms with Crippen LogP contribution in [0.5, 0.6) is 0 Å². The van der Waals surface area contributed by atoms with Crippen molar-refractivity contribution in [3.05, 3.63) is 72.9 Å². The molecule has 3 aromatic carbocycles. The van der Waals surface area contributed by atoms with Crippen molar-refractivity contribution in [2.24, 2.45) is 0 Å². The first-order valence-corrected chi connectivity index (χ1v) is 10.4. The molecule has 5 rings (SSSR count). The van der Waals surface area contributed by atoms with Crippen molar-refractivity contribution in [3.63, 3.8) is 0 Å². The van der Waals surface area contributed by atoms with Gasteiger partial charge in [-0.15, -0.1) is 10.2 Å². The van der Waals surface area contributed by atoms with Crippen LogP contribution < -0.4 is 5.32 Å². The maximum atomic E-state index is 12.6. The van der Waals surface area contributed by atoms with Gasteiger partial charge in [0.05, 0.1) is 10.8 Å². The molecule has 5 aromatic rings. The summed E-state index contributed by atoms with van der Waals surface area (Å²) in [4.78, 5) is 15.8. The highest BCUT2D eigenvalue weighted by Gasteiger charge is 2.20. The van der Waals surface area contributed by atoms with Crippen LogP contribution in [0.15, 0.2) is 82.6 Å². The van der Waals surface area contributed by atoms with Gasteiger partial charge in [-0.3, -0.25) is 4.79 Å². The van der Waals surface area contributed by atoms with Crippen LogP contribution in [0.25, 0.3) is 33.1 Å². The number of hydrogen-bond donors (Lipinski definition) is 2. The Balaban J connectivity index is 1.29. The molecular weight excluding hydrogens is 396 g/mol. The third-order valence-electron chi connectivity index (χ3n) is 4.89. The summed E-state index contributed by atoms with van der Waals surface area (Å²) in [7, 11) is 0. The monoisotopic (exact) mass is 414 g/mol. The van der Waals surface area contributed by atoms with E-state index in [1.807, 2.05) is 79.9 Å². The van der Waals surface area contributed by atoms with E-state index in [1.54, 1.807) is 0 Å². The maximum Gasteiger partial charge on any atom is 0.277 e. The van der Waals surface area contributed by atoms with Gasteiger partial charge in [0, 0.05) is 22.8 Å². The fourth-order valence-electron chi connectivity index (χ4n) is 3.33. The molecule has 0 aliphatic heterocycles. The number of carbonyl (C=O) groups is 1. The number of hydrogen-bond acceptors (Lipinski definition) is 5. The smallest absolute Gasteiger partial charge is 0.277 e.